The smallest absolute Gasteiger partial charge is 0.277 e. The Hall–Kier alpha value is -2.84. The first-order valence-corrected chi connectivity index (χ1v) is 11.9. The fourth-order valence-corrected chi connectivity index (χ4v) is 5.56. The molecule has 1 aromatic rings. The van der Waals surface area contributed by atoms with E-state index in [4.69, 9.17) is 0 Å². The Morgan fingerprint density at radius 3 is 2.45 bits per heavy atom. The first kappa shape index (κ1) is 21.4. The largest absolute Gasteiger partial charge is 0.325 e. The van der Waals surface area contributed by atoms with Gasteiger partial charge >= 0.3 is 0 Å². The Morgan fingerprint density at radius 1 is 1.13 bits per heavy atom. The number of amides is 2. The molecular formula is C23H25N3O4S. The van der Waals surface area contributed by atoms with Crippen LogP contribution in [0.3, 0.4) is 0 Å². The number of hydrogen-bond donors (Lipinski definition) is 1. The van der Waals surface area contributed by atoms with Gasteiger partial charge in [-0.1, -0.05) is 19.9 Å². The number of fused-ring (bicyclic) bond motifs is 1. The van der Waals surface area contributed by atoms with Crippen molar-refractivity contribution in [1.29, 1.82) is 0 Å². The molecule has 0 aromatic heterocycles. The van der Waals surface area contributed by atoms with E-state index < -0.39 is 15.9 Å². The summed E-state index contributed by atoms with van der Waals surface area (Å²) in [5, 5.41) is 2.83. The number of sulfonamides is 1. The topological polar surface area (TPSA) is 95.9 Å². The second-order valence-electron chi connectivity index (χ2n) is 8.20. The van der Waals surface area contributed by atoms with Crippen molar-refractivity contribution < 1.29 is 18.0 Å². The molecule has 4 rings (SSSR count). The molecule has 2 heterocycles. The maximum Gasteiger partial charge on any atom is 0.277 e. The van der Waals surface area contributed by atoms with Crippen LogP contribution in [-0.4, -0.2) is 43.3 Å². The molecule has 1 unspecified atom stereocenters. The first-order chi connectivity index (χ1) is 14.8. The average Bonchev–Trinajstić information content (AvgIpc) is 3.28. The molecule has 31 heavy (non-hydrogen) atoms. The van der Waals surface area contributed by atoms with Crippen LogP contribution < -0.4 is 5.32 Å². The summed E-state index contributed by atoms with van der Waals surface area (Å²) in [7, 11) is -3.52. The molecular weight excluding hydrogens is 414 g/mol. The van der Waals surface area contributed by atoms with Gasteiger partial charge in [-0.05, 0) is 60.8 Å². The molecule has 1 aliphatic carbocycles. The Balaban J connectivity index is 1.53. The minimum Gasteiger partial charge on any atom is -0.325 e. The van der Waals surface area contributed by atoms with Crippen LogP contribution in [0, 0.1) is 11.8 Å². The summed E-state index contributed by atoms with van der Waals surface area (Å²) in [6, 6.07) is 5.88. The zero-order valence-corrected chi connectivity index (χ0v) is 18.4. The fourth-order valence-electron chi connectivity index (χ4n) is 4.04. The summed E-state index contributed by atoms with van der Waals surface area (Å²) in [5.41, 5.74) is 2.47. The lowest BCUT2D eigenvalue weighted by Gasteiger charge is -2.29. The number of aliphatic imine (C=N–C) groups is 1. The molecule has 0 saturated carbocycles. The van der Waals surface area contributed by atoms with E-state index >= 15 is 0 Å². The van der Waals surface area contributed by atoms with Crippen molar-refractivity contribution in [2.24, 2.45) is 16.8 Å². The van der Waals surface area contributed by atoms with Crippen molar-refractivity contribution in [3.05, 3.63) is 65.4 Å². The van der Waals surface area contributed by atoms with Crippen LogP contribution in [0.15, 0.2) is 69.7 Å². The SMILES string of the molecule is CC(C)C1=CC(=O)NC2=CC(=NC(=O)c3ccc(S(=O)(=O)N4CCCC4)cc3)C=CC21. The predicted molar refractivity (Wildman–Crippen MR) is 118 cm³/mol. The molecule has 1 saturated heterocycles. The van der Waals surface area contributed by atoms with Crippen molar-refractivity contribution >= 4 is 27.5 Å². The monoisotopic (exact) mass is 439 g/mol. The van der Waals surface area contributed by atoms with E-state index in [0.717, 1.165) is 18.4 Å². The third kappa shape index (κ3) is 4.31. The lowest BCUT2D eigenvalue weighted by Crippen LogP contribution is -2.34. The Labute approximate surface area is 182 Å². The van der Waals surface area contributed by atoms with Gasteiger partial charge in [-0.3, -0.25) is 9.59 Å². The maximum atomic E-state index is 12.6. The summed E-state index contributed by atoms with van der Waals surface area (Å²) in [5.74, 6) is -0.454. The molecule has 1 atom stereocenters. The van der Waals surface area contributed by atoms with Gasteiger partial charge in [0.25, 0.3) is 5.91 Å². The molecule has 1 fully saturated rings. The zero-order chi connectivity index (χ0) is 22.2. The highest BCUT2D eigenvalue weighted by Gasteiger charge is 2.29. The highest BCUT2D eigenvalue weighted by Crippen LogP contribution is 2.31. The molecule has 8 heteroatoms. The van der Waals surface area contributed by atoms with Gasteiger partial charge in [0, 0.05) is 36.3 Å². The number of rotatable bonds is 4. The summed E-state index contributed by atoms with van der Waals surface area (Å²) in [6.07, 6.45) is 8.77. The zero-order valence-electron chi connectivity index (χ0n) is 17.5. The van der Waals surface area contributed by atoms with Crippen LogP contribution >= 0.6 is 0 Å². The molecule has 0 bridgehead atoms. The van der Waals surface area contributed by atoms with Crippen LogP contribution in [-0.2, 0) is 14.8 Å². The predicted octanol–water partition coefficient (Wildman–Crippen LogP) is 2.83. The number of carbonyl (C=O) groups is 2. The molecule has 0 radical (unpaired) electrons. The van der Waals surface area contributed by atoms with E-state index in [0.29, 0.717) is 30.1 Å². The van der Waals surface area contributed by atoms with Gasteiger partial charge in [-0.2, -0.15) is 4.31 Å². The average molecular weight is 440 g/mol. The number of hydrogen-bond acceptors (Lipinski definition) is 4. The number of nitrogens with zero attached hydrogens (tertiary/aromatic N) is 2. The summed E-state index contributed by atoms with van der Waals surface area (Å²) in [4.78, 5) is 28.9. The minimum absolute atomic E-state index is 0.0261. The second kappa shape index (κ2) is 8.36. The normalized spacial score (nSPS) is 22.9. The molecule has 1 N–H and O–H groups in total. The molecule has 7 nitrogen and oxygen atoms in total. The van der Waals surface area contributed by atoms with Crippen molar-refractivity contribution in [1.82, 2.24) is 9.62 Å². The first-order valence-electron chi connectivity index (χ1n) is 10.4. The fraction of sp³-hybridized carbons (Fsp3) is 0.348. The van der Waals surface area contributed by atoms with E-state index in [9.17, 15) is 18.0 Å². The van der Waals surface area contributed by atoms with Gasteiger partial charge in [0.15, 0.2) is 0 Å². The quantitative estimate of drug-likeness (QED) is 0.780. The van der Waals surface area contributed by atoms with Gasteiger partial charge in [0.1, 0.15) is 0 Å². The molecule has 2 amide bonds. The van der Waals surface area contributed by atoms with E-state index in [1.807, 2.05) is 19.9 Å². The van der Waals surface area contributed by atoms with Crippen LogP contribution in [0.4, 0.5) is 0 Å². The highest BCUT2D eigenvalue weighted by molar-refractivity contribution is 7.89. The van der Waals surface area contributed by atoms with Crippen LogP contribution in [0.25, 0.3) is 0 Å². The van der Waals surface area contributed by atoms with Crippen LogP contribution in [0.5, 0.6) is 0 Å². The lowest BCUT2D eigenvalue weighted by molar-refractivity contribution is -0.116. The van der Waals surface area contributed by atoms with E-state index in [1.54, 1.807) is 18.2 Å². The van der Waals surface area contributed by atoms with E-state index in [1.165, 1.54) is 28.6 Å². The van der Waals surface area contributed by atoms with Gasteiger partial charge in [-0.25, -0.2) is 13.4 Å². The number of carbonyl (C=O) groups excluding carboxylic acids is 2. The van der Waals surface area contributed by atoms with E-state index in [2.05, 4.69) is 10.3 Å². The lowest BCUT2D eigenvalue weighted by atomic mass is 9.82. The summed E-state index contributed by atoms with van der Waals surface area (Å²) in [6.45, 7) is 5.14. The van der Waals surface area contributed by atoms with Gasteiger partial charge in [-0.15, -0.1) is 0 Å². The van der Waals surface area contributed by atoms with Crippen LogP contribution in [0.2, 0.25) is 0 Å². The Bertz CT molecular complexity index is 1140. The van der Waals surface area contributed by atoms with Crippen molar-refractivity contribution in [3.8, 4) is 0 Å². The number of benzene rings is 1. The summed E-state index contributed by atoms with van der Waals surface area (Å²) >= 11 is 0. The Kier molecular flexibility index (Phi) is 5.77. The minimum atomic E-state index is -3.52. The number of nitrogens with one attached hydrogen (secondary N) is 1. The van der Waals surface area contributed by atoms with Crippen LogP contribution in [0.1, 0.15) is 37.0 Å². The molecule has 1 aromatic carbocycles. The van der Waals surface area contributed by atoms with Gasteiger partial charge in [0.2, 0.25) is 15.9 Å². The van der Waals surface area contributed by atoms with E-state index in [-0.39, 0.29) is 22.6 Å². The van der Waals surface area contributed by atoms with Crippen molar-refractivity contribution in [3.63, 3.8) is 0 Å². The van der Waals surface area contributed by atoms with Crippen molar-refractivity contribution in [2.45, 2.75) is 31.6 Å². The summed E-state index contributed by atoms with van der Waals surface area (Å²) < 4.78 is 26.7. The third-order valence-corrected chi connectivity index (χ3v) is 7.64. The molecule has 2 aliphatic heterocycles. The molecule has 162 valence electrons. The standard InChI is InChI=1S/C23H25N3O4S/c1-15(2)20-14-22(27)25-21-13-17(7-10-19(20)21)24-23(28)16-5-8-18(9-6-16)31(29,30)26-11-3-4-12-26/h5-10,13-15,19H,3-4,11-12H2,1-2H3,(H,25,27). The molecule has 3 aliphatic rings. The third-order valence-electron chi connectivity index (χ3n) is 5.72. The highest BCUT2D eigenvalue weighted by atomic mass is 32.2. The maximum absolute atomic E-state index is 12.6. The number of allylic oxidation sites excluding steroid dienone is 3. The second-order valence-corrected chi connectivity index (χ2v) is 10.1. The van der Waals surface area contributed by atoms with Gasteiger partial charge in [0.05, 0.1) is 10.6 Å². The molecule has 0 spiro atoms. The van der Waals surface area contributed by atoms with Crippen molar-refractivity contribution in [2.75, 3.05) is 13.1 Å². The van der Waals surface area contributed by atoms with Gasteiger partial charge < -0.3 is 5.32 Å². The Morgan fingerprint density at radius 2 is 1.81 bits per heavy atom.